The van der Waals surface area contributed by atoms with E-state index in [9.17, 15) is 4.79 Å². The molecule has 0 spiro atoms. The summed E-state index contributed by atoms with van der Waals surface area (Å²) in [6, 6.07) is 2.11. The Kier molecular flexibility index (Phi) is 7.76. The first-order valence-electron chi connectivity index (χ1n) is 8.15. The molecule has 1 unspecified atom stereocenters. The Morgan fingerprint density at radius 3 is 2.71 bits per heavy atom. The van der Waals surface area contributed by atoms with Crippen LogP contribution in [0.5, 0.6) is 0 Å². The quantitative estimate of drug-likeness (QED) is 0.421. The molecule has 2 fully saturated rings. The van der Waals surface area contributed by atoms with Crippen LogP contribution in [0.25, 0.3) is 0 Å². The average molecular weight is 464 g/mol. The van der Waals surface area contributed by atoms with E-state index in [2.05, 4.69) is 32.0 Å². The summed E-state index contributed by atoms with van der Waals surface area (Å²) in [4.78, 5) is 20.9. The molecule has 6 nitrogen and oxygen atoms in total. The fourth-order valence-electron chi connectivity index (χ4n) is 3.02. The summed E-state index contributed by atoms with van der Waals surface area (Å²) in [5, 5.41) is 7.61. The number of guanidine groups is 1. The molecule has 1 aromatic rings. The average Bonchev–Trinajstić information content (AvgIpc) is 3.29. The molecule has 0 radical (unpaired) electrons. The third-order valence-corrected chi connectivity index (χ3v) is 5.07. The van der Waals surface area contributed by atoms with Gasteiger partial charge in [0.1, 0.15) is 6.10 Å². The summed E-state index contributed by atoms with van der Waals surface area (Å²) < 4.78 is 5.50. The largest absolute Gasteiger partial charge is 0.368 e. The Morgan fingerprint density at radius 2 is 2.12 bits per heavy atom. The van der Waals surface area contributed by atoms with Crippen LogP contribution < -0.4 is 5.32 Å². The predicted octanol–water partition coefficient (Wildman–Crippen LogP) is 1.76. The van der Waals surface area contributed by atoms with E-state index < -0.39 is 0 Å². The highest BCUT2D eigenvalue weighted by atomic mass is 127. The maximum Gasteiger partial charge on any atom is 0.251 e. The van der Waals surface area contributed by atoms with Crippen LogP contribution in [0.15, 0.2) is 21.8 Å². The highest BCUT2D eigenvalue weighted by Crippen LogP contribution is 2.16. The molecule has 134 valence electrons. The first-order valence-corrected chi connectivity index (χ1v) is 9.09. The summed E-state index contributed by atoms with van der Waals surface area (Å²) in [6.45, 7) is 4.58. The lowest BCUT2D eigenvalue weighted by atomic mass is 10.2. The van der Waals surface area contributed by atoms with Crippen molar-refractivity contribution in [2.45, 2.75) is 25.5 Å². The number of amides is 1. The molecule has 0 saturated carbocycles. The fraction of sp³-hybridized carbons (Fsp3) is 0.625. The van der Waals surface area contributed by atoms with Crippen molar-refractivity contribution in [3.05, 3.63) is 22.4 Å². The van der Waals surface area contributed by atoms with Gasteiger partial charge >= 0.3 is 0 Å². The number of carbonyl (C=O) groups is 1. The number of ether oxygens (including phenoxy) is 1. The van der Waals surface area contributed by atoms with Gasteiger partial charge < -0.3 is 19.9 Å². The van der Waals surface area contributed by atoms with E-state index in [0.29, 0.717) is 0 Å². The van der Waals surface area contributed by atoms with Gasteiger partial charge in [-0.15, -0.1) is 24.0 Å². The van der Waals surface area contributed by atoms with Crippen LogP contribution in [0.3, 0.4) is 0 Å². The van der Waals surface area contributed by atoms with Crippen molar-refractivity contribution in [1.29, 1.82) is 0 Å². The van der Waals surface area contributed by atoms with Crippen molar-refractivity contribution in [3.8, 4) is 0 Å². The first-order chi connectivity index (χ1) is 11.3. The molecule has 3 heterocycles. The number of piperazine rings is 1. The number of nitrogens with one attached hydrogen (secondary N) is 1. The Morgan fingerprint density at radius 1 is 1.38 bits per heavy atom. The summed E-state index contributed by atoms with van der Waals surface area (Å²) >= 11 is 1.70. The monoisotopic (exact) mass is 464 g/mol. The van der Waals surface area contributed by atoms with E-state index in [-0.39, 0.29) is 36.0 Å². The first kappa shape index (κ1) is 19.5. The van der Waals surface area contributed by atoms with Crippen LogP contribution in [-0.2, 0) is 16.1 Å². The summed E-state index contributed by atoms with van der Waals surface area (Å²) in [7, 11) is 1.81. The molecule has 1 amide bonds. The van der Waals surface area contributed by atoms with E-state index >= 15 is 0 Å². The highest BCUT2D eigenvalue weighted by Gasteiger charge is 2.30. The molecule has 1 atom stereocenters. The minimum atomic E-state index is -0.211. The third kappa shape index (κ3) is 4.82. The Labute approximate surface area is 164 Å². The van der Waals surface area contributed by atoms with Crippen LogP contribution in [0.1, 0.15) is 18.4 Å². The van der Waals surface area contributed by atoms with Gasteiger partial charge in [0.15, 0.2) is 5.96 Å². The lowest BCUT2D eigenvalue weighted by Crippen LogP contribution is -2.55. The maximum atomic E-state index is 12.4. The van der Waals surface area contributed by atoms with E-state index in [0.717, 1.165) is 58.1 Å². The van der Waals surface area contributed by atoms with Crippen LogP contribution in [-0.4, -0.2) is 67.6 Å². The minimum absolute atomic E-state index is 0. The Balaban J connectivity index is 0.00000208. The molecular weight excluding hydrogens is 439 g/mol. The highest BCUT2D eigenvalue weighted by molar-refractivity contribution is 14.0. The molecular formula is C16H25IN4O2S. The SMILES string of the molecule is CN=C(NCc1ccsc1)N1CCN(C(=O)C2CCCO2)CC1.I. The molecule has 0 aliphatic carbocycles. The number of aliphatic imine (C=N–C) groups is 1. The second-order valence-corrected chi connectivity index (χ2v) is 6.63. The third-order valence-electron chi connectivity index (χ3n) is 4.34. The Bertz CT molecular complexity index is 538. The molecule has 8 heteroatoms. The van der Waals surface area contributed by atoms with Gasteiger partial charge in [0, 0.05) is 46.4 Å². The molecule has 2 aliphatic heterocycles. The number of thiophene rings is 1. The molecule has 24 heavy (non-hydrogen) atoms. The van der Waals surface area contributed by atoms with Crippen molar-refractivity contribution >= 4 is 47.2 Å². The van der Waals surface area contributed by atoms with Crippen molar-refractivity contribution in [3.63, 3.8) is 0 Å². The van der Waals surface area contributed by atoms with Crippen molar-refractivity contribution < 1.29 is 9.53 Å². The molecule has 2 aliphatic rings. The zero-order valence-electron chi connectivity index (χ0n) is 13.9. The van der Waals surface area contributed by atoms with Gasteiger partial charge in [0.2, 0.25) is 0 Å². The molecule has 0 bridgehead atoms. The second-order valence-electron chi connectivity index (χ2n) is 5.85. The number of halogens is 1. The van der Waals surface area contributed by atoms with Crippen LogP contribution in [0.2, 0.25) is 0 Å². The van der Waals surface area contributed by atoms with E-state index in [1.54, 1.807) is 18.4 Å². The van der Waals surface area contributed by atoms with Gasteiger partial charge in [-0.05, 0) is 35.2 Å². The van der Waals surface area contributed by atoms with Crippen LogP contribution in [0.4, 0.5) is 0 Å². The number of carbonyl (C=O) groups excluding carboxylic acids is 1. The zero-order chi connectivity index (χ0) is 16.1. The molecule has 3 rings (SSSR count). The Hall–Kier alpha value is -0.870. The lowest BCUT2D eigenvalue weighted by Gasteiger charge is -2.37. The van der Waals surface area contributed by atoms with E-state index in [1.807, 2.05) is 4.90 Å². The van der Waals surface area contributed by atoms with Crippen LogP contribution in [0, 0.1) is 0 Å². The van der Waals surface area contributed by atoms with E-state index in [4.69, 9.17) is 4.74 Å². The van der Waals surface area contributed by atoms with E-state index in [1.165, 1.54) is 5.56 Å². The number of hydrogen-bond acceptors (Lipinski definition) is 4. The zero-order valence-corrected chi connectivity index (χ0v) is 17.1. The second kappa shape index (κ2) is 9.57. The molecule has 1 aromatic heterocycles. The smallest absolute Gasteiger partial charge is 0.251 e. The van der Waals surface area contributed by atoms with Gasteiger partial charge in [0.05, 0.1) is 0 Å². The van der Waals surface area contributed by atoms with Crippen molar-refractivity contribution in [2.24, 2.45) is 4.99 Å². The van der Waals surface area contributed by atoms with Gasteiger partial charge in [-0.25, -0.2) is 0 Å². The summed E-state index contributed by atoms with van der Waals surface area (Å²) in [5.74, 6) is 1.06. The normalized spacial score (nSPS) is 21.5. The van der Waals surface area contributed by atoms with Gasteiger partial charge in [0.25, 0.3) is 5.91 Å². The van der Waals surface area contributed by atoms with Gasteiger partial charge in [-0.1, -0.05) is 0 Å². The standard InChI is InChI=1S/C16H24N4O2S.HI/c1-17-16(18-11-13-4-10-23-12-13)20-7-5-19(6-8-20)15(21)14-3-2-9-22-14;/h4,10,12,14H,2-3,5-9,11H2,1H3,(H,17,18);1H. The maximum absolute atomic E-state index is 12.4. The summed E-state index contributed by atoms with van der Waals surface area (Å²) in [6.07, 6.45) is 1.65. The minimum Gasteiger partial charge on any atom is -0.368 e. The molecule has 2 saturated heterocycles. The van der Waals surface area contributed by atoms with Gasteiger partial charge in [-0.2, -0.15) is 11.3 Å². The molecule has 0 aromatic carbocycles. The van der Waals surface area contributed by atoms with Crippen molar-refractivity contribution in [2.75, 3.05) is 39.8 Å². The predicted molar refractivity (Wildman–Crippen MR) is 107 cm³/mol. The molecule has 1 N–H and O–H groups in total. The number of hydrogen-bond donors (Lipinski definition) is 1. The van der Waals surface area contributed by atoms with Crippen molar-refractivity contribution in [1.82, 2.24) is 15.1 Å². The van der Waals surface area contributed by atoms with Gasteiger partial charge in [-0.3, -0.25) is 9.79 Å². The summed E-state index contributed by atoms with van der Waals surface area (Å²) in [5.41, 5.74) is 1.27. The lowest BCUT2D eigenvalue weighted by molar-refractivity contribution is -0.142. The number of rotatable bonds is 3. The van der Waals surface area contributed by atoms with Crippen LogP contribution >= 0.6 is 35.3 Å². The fourth-order valence-corrected chi connectivity index (χ4v) is 3.69. The topological polar surface area (TPSA) is 57.2 Å². The number of nitrogens with zero attached hydrogens (tertiary/aromatic N) is 3.